The Morgan fingerprint density at radius 3 is 2.82 bits per heavy atom. The molecule has 0 spiro atoms. The molecule has 0 bridgehead atoms. The van der Waals surface area contributed by atoms with Crippen LogP contribution in [-0.2, 0) is 0 Å². The molecule has 1 aromatic rings. The fourth-order valence-corrected chi connectivity index (χ4v) is 0.667. The number of carboxylic acid groups (broad SMARTS) is 1. The van der Waals surface area contributed by atoms with Crippen molar-refractivity contribution >= 4 is 17.6 Å². The molecule has 0 radical (unpaired) electrons. The van der Waals surface area contributed by atoms with Gasteiger partial charge in [0, 0.05) is 6.20 Å². The van der Waals surface area contributed by atoms with Crippen LogP contribution in [0, 0.1) is 0 Å². The van der Waals surface area contributed by atoms with Gasteiger partial charge in [0.05, 0.1) is 0 Å². The summed E-state index contributed by atoms with van der Waals surface area (Å²) in [7, 11) is 0. The summed E-state index contributed by atoms with van der Waals surface area (Å²) in [5.74, 6) is -1.39. The highest BCUT2D eigenvalue weighted by molar-refractivity contribution is 6.29. The van der Waals surface area contributed by atoms with Crippen LogP contribution >= 0.6 is 11.6 Å². The number of carbonyl (C=O) groups is 1. The quantitative estimate of drug-likeness (QED) is 0.634. The third-order valence-corrected chi connectivity index (χ3v) is 1.15. The van der Waals surface area contributed by atoms with Crippen LogP contribution in [0.25, 0.3) is 0 Å². The highest BCUT2D eigenvalue weighted by atomic mass is 35.5. The van der Waals surface area contributed by atoms with Gasteiger partial charge >= 0.3 is 5.97 Å². The number of hydrogen-bond acceptors (Lipinski definition) is 3. The molecular formula is C5H3ClN2O3. The lowest BCUT2D eigenvalue weighted by atomic mass is 10.4. The molecule has 0 amide bonds. The van der Waals surface area contributed by atoms with Gasteiger partial charge < -0.3 is 10.1 Å². The maximum absolute atomic E-state index is 10.7. The molecule has 58 valence electrons. The SMILES string of the molecule is O=C(O)c1nc(Cl)c[nH]c1=O. The van der Waals surface area contributed by atoms with Gasteiger partial charge in [-0.2, -0.15) is 0 Å². The van der Waals surface area contributed by atoms with Crippen LogP contribution in [0.3, 0.4) is 0 Å². The van der Waals surface area contributed by atoms with E-state index in [1.54, 1.807) is 0 Å². The topological polar surface area (TPSA) is 83.0 Å². The molecule has 0 fully saturated rings. The zero-order valence-electron chi connectivity index (χ0n) is 5.17. The minimum atomic E-state index is -1.39. The van der Waals surface area contributed by atoms with Gasteiger partial charge in [-0.1, -0.05) is 11.6 Å². The average molecular weight is 175 g/mol. The molecule has 6 heteroatoms. The maximum Gasteiger partial charge on any atom is 0.360 e. The summed E-state index contributed by atoms with van der Waals surface area (Å²) in [5, 5.41) is 8.30. The Morgan fingerprint density at radius 1 is 1.73 bits per heavy atom. The van der Waals surface area contributed by atoms with Gasteiger partial charge in [-0.3, -0.25) is 4.79 Å². The lowest BCUT2D eigenvalue weighted by molar-refractivity contribution is 0.0688. The second kappa shape index (κ2) is 2.71. The highest BCUT2D eigenvalue weighted by Crippen LogP contribution is 1.98. The van der Waals surface area contributed by atoms with E-state index in [1.165, 1.54) is 0 Å². The number of halogens is 1. The summed E-state index contributed by atoms with van der Waals surface area (Å²) in [4.78, 5) is 26.3. The number of aromatic carboxylic acids is 1. The molecular weight excluding hydrogens is 172 g/mol. The maximum atomic E-state index is 10.7. The standard InChI is InChI=1S/C5H3ClN2O3/c6-2-1-7-4(9)3(8-2)5(10)11/h1H,(H,7,9)(H,10,11). The minimum Gasteiger partial charge on any atom is -0.476 e. The Kier molecular flexibility index (Phi) is 1.91. The molecule has 11 heavy (non-hydrogen) atoms. The molecule has 0 atom stereocenters. The first-order valence-electron chi connectivity index (χ1n) is 2.60. The van der Waals surface area contributed by atoms with Crippen LogP contribution in [0.5, 0.6) is 0 Å². The van der Waals surface area contributed by atoms with Gasteiger partial charge in [-0.05, 0) is 0 Å². The van der Waals surface area contributed by atoms with Gasteiger partial charge in [0.2, 0.25) is 5.69 Å². The summed E-state index contributed by atoms with van der Waals surface area (Å²) in [6, 6.07) is 0. The van der Waals surface area contributed by atoms with Crippen molar-refractivity contribution in [2.45, 2.75) is 0 Å². The third kappa shape index (κ3) is 1.56. The zero-order valence-corrected chi connectivity index (χ0v) is 5.92. The molecule has 0 saturated heterocycles. The van der Waals surface area contributed by atoms with Crippen molar-refractivity contribution < 1.29 is 9.90 Å². The largest absolute Gasteiger partial charge is 0.476 e. The van der Waals surface area contributed by atoms with Crippen LogP contribution in [0.4, 0.5) is 0 Å². The smallest absolute Gasteiger partial charge is 0.360 e. The predicted octanol–water partition coefficient (Wildman–Crippen LogP) is 0.121. The molecule has 5 nitrogen and oxygen atoms in total. The summed E-state index contributed by atoms with van der Waals surface area (Å²) in [6.07, 6.45) is 1.12. The van der Waals surface area contributed by atoms with Crippen LogP contribution in [0.2, 0.25) is 5.15 Å². The molecule has 2 N–H and O–H groups in total. The van der Waals surface area contributed by atoms with E-state index in [0.717, 1.165) is 6.20 Å². The number of nitrogens with one attached hydrogen (secondary N) is 1. The van der Waals surface area contributed by atoms with Crippen molar-refractivity contribution in [3.63, 3.8) is 0 Å². The number of aromatic amines is 1. The van der Waals surface area contributed by atoms with Gasteiger partial charge in [0.25, 0.3) is 5.56 Å². The van der Waals surface area contributed by atoms with E-state index in [1.807, 2.05) is 0 Å². The second-order valence-corrected chi connectivity index (χ2v) is 2.09. The van der Waals surface area contributed by atoms with Crippen LogP contribution in [-0.4, -0.2) is 21.0 Å². The molecule has 0 aromatic carbocycles. The van der Waals surface area contributed by atoms with Crippen molar-refractivity contribution in [1.82, 2.24) is 9.97 Å². The van der Waals surface area contributed by atoms with Crippen molar-refractivity contribution in [3.05, 3.63) is 27.4 Å². The first-order valence-corrected chi connectivity index (χ1v) is 2.97. The lowest BCUT2D eigenvalue weighted by Crippen LogP contribution is -2.19. The fourth-order valence-electron chi connectivity index (χ4n) is 0.528. The zero-order chi connectivity index (χ0) is 8.43. The number of aromatic nitrogens is 2. The molecule has 1 rings (SSSR count). The van der Waals surface area contributed by atoms with Crippen LogP contribution in [0.15, 0.2) is 11.0 Å². The van der Waals surface area contributed by atoms with E-state index in [2.05, 4.69) is 9.97 Å². The lowest BCUT2D eigenvalue weighted by Gasteiger charge is -1.91. The Hall–Kier alpha value is -1.36. The summed E-state index contributed by atoms with van der Waals surface area (Å²) >= 11 is 5.32. The van der Waals surface area contributed by atoms with Gasteiger partial charge in [0.15, 0.2) is 0 Å². The van der Waals surface area contributed by atoms with Crippen LogP contribution < -0.4 is 5.56 Å². The van der Waals surface area contributed by atoms with Crippen LogP contribution in [0.1, 0.15) is 10.5 Å². The van der Waals surface area contributed by atoms with Crippen molar-refractivity contribution in [1.29, 1.82) is 0 Å². The Balaban J connectivity index is 3.35. The Labute approximate surface area is 65.7 Å². The number of rotatable bonds is 1. The predicted molar refractivity (Wildman–Crippen MR) is 36.8 cm³/mol. The third-order valence-electron chi connectivity index (χ3n) is 0.959. The molecule has 0 saturated carbocycles. The summed E-state index contributed by atoms with van der Waals surface area (Å²) < 4.78 is 0. The van der Waals surface area contributed by atoms with Crippen molar-refractivity contribution in [3.8, 4) is 0 Å². The number of carboxylic acids is 1. The van der Waals surface area contributed by atoms with Crippen molar-refractivity contribution in [2.75, 3.05) is 0 Å². The van der Waals surface area contributed by atoms with E-state index >= 15 is 0 Å². The second-order valence-electron chi connectivity index (χ2n) is 1.71. The van der Waals surface area contributed by atoms with Gasteiger partial charge in [0.1, 0.15) is 5.15 Å². The van der Waals surface area contributed by atoms with Crippen molar-refractivity contribution in [2.24, 2.45) is 0 Å². The first kappa shape index (κ1) is 7.74. The Bertz CT molecular complexity index is 346. The molecule has 1 heterocycles. The summed E-state index contributed by atoms with van der Waals surface area (Å²) in [6.45, 7) is 0. The van der Waals surface area contributed by atoms with Gasteiger partial charge in [-0.25, -0.2) is 9.78 Å². The minimum absolute atomic E-state index is 0.0537. The molecule has 0 aliphatic rings. The number of nitrogens with zero attached hydrogens (tertiary/aromatic N) is 1. The fraction of sp³-hybridized carbons (Fsp3) is 0. The Morgan fingerprint density at radius 2 is 2.36 bits per heavy atom. The average Bonchev–Trinajstić information content (AvgIpc) is 1.94. The van der Waals surface area contributed by atoms with E-state index < -0.39 is 17.2 Å². The normalized spacial score (nSPS) is 9.55. The number of hydrogen-bond donors (Lipinski definition) is 2. The molecule has 1 aromatic heterocycles. The monoisotopic (exact) mass is 174 g/mol. The highest BCUT2D eigenvalue weighted by Gasteiger charge is 2.09. The molecule has 0 unspecified atom stereocenters. The molecule has 0 aliphatic carbocycles. The molecule has 0 aliphatic heterocycles. The number of H-pyrrole nitrogens is 1. The first-order chi connectivity index (χ1) is 5.11. The van der Waals surface area contributed by atoms with E-state index in [0.29, 0.717) is 0 Å². The van der Waals surface area contributed by atoms with Gasteiger partial charge in [-0.15, -0.1) is 0 Å². The van der Waals surface area contributed by atoms with E-state index in [4.69, 9.17) is 16.7 Å². The van der Waals surface area contributed by atoms with E-state index in [-0.39, 0.29) is 5.15 Å². The summed E-state index contributed by atoms with van der Waals surface area (Å²) in [5.41, 5.74) is -1.36. The van der Waals surface area contributed by atoms with E-state index in [9.17, 15) is 9.59 Å².